The first-order valence-corrected chi connectivity index (χ1v) is 9.03. The summed E-state index contributed by atoms with van der Waals surface area (Å²) in [6, 6.07) is 14.1. The summed E-state index contributed by atoms with van der Waals surface area (Å²) in [4.78, 5) is 13.8. The topological polar surface area (TPSA) is 52.0 Å². The third-order valence-electron chi connectivity index (χ3n) is 4.99. The number of rotatable bonds is 6. The fraction of sp³-hybridized carbons (Fsp3) is 0.381. The van der Waals surface area contributed by atoms with E-state index in [9.17, 15) is 4.79 Å². The summed E-state index contributed by atoms with van der Waals surface area (Å²) in [5.74, 6) is 1.65. The molecule has 1 aliphatic rings. The van der Waals surface area contributed by atoms with E-state index in [-0.39, 0.29) is 11.9 Å². The summed E-state index contributed by atoms with van der Waals surface area (Å²) >= 11 is 0. The van der Waals surface area contributed by atoms with Gasteiger partial charge in [-0.25, -0.2) is 0 Å². The van der Waals surface area contributed by atoms with E-state index in [1.165, 1.54) is 4.90 Å². The Morgan fingerprint density at radius 1 is 1.19 bits per heavy atom. The minimum atomic E-state index is 0.0463. The zero-order valence-electron chi connectivity index (χ0n) is 15.7. The summed E-state index contributed by atoms with van der Waals surface area (Å²) in [6.45, 7) is 3.46. The number of methoxy groups -OCH3 is 2. The molecule has 2 aromatic carbocycles. The van der Waals surface area contributed by atoms with Gasteiger partial charge in [0.2, 0.25) is 0 Å². The summed E-state index contributed by atoms with van der Waals surface area (Å²) in [7, 11) is 3.33. The van der Waals surface area contributed by atoms with Crippen molar-refractivity contribution in [3.8, 4) is 11.5 Å². The first kappa shape index (κ1) is 18.3. The number of likely N-dealkylation sites (tertiary alicyclic amines) is 1. The number of carbonyl (C=O) groups is 1. The molecule has 26 heavy (non-hydrogen) atoms. The Morgan fingerprint density at radius 3 is 2.77 bits per heavy atom. The maximum absolute atomic E-state index is 12.5. The van der Waals surface area contributed by atoms with Crippen molar-refractivity contribution in [2.24, 2.45) is 0 Å². The Balaban J connectivity index is 1.71. The van der Waals surface area contributed by atoms with Crippen LogP contribution in [0.2, 0.25) is 0 Å². The fourth-order valence-electron chi connectivity index (χ4n) is 3.74. The van der Waals surface area contributed by atoms with Crippen molar-refractivity contribution in [3.05, 3.63) is 53.6 Å². The molecule has 0 radical (unpaired) electrons. The Bertz CT molecular complexity index is 776. The number of quaternary nitrogens is 1. The highest BCUT2D eigenvalue weighted by Gasteiger charge is 2.33. The zero-order chi connectivity index (χ0) is 18.5. The van der Waals surface area contributed by atoms with Crippen LogP contribution in [0, 0.1) is 6.92 Å². The average Bonchev–Trinajstić information content (AvgIpc) is 3.08. The highest BCUT2D eigenvalue weighted by molar-refractivity contribution is 5.91. The first-order chi connectivity index (χ1) is 12.6. The van der Waals surface area contributed by atoms with Gasteiger partial charge in [-0.05, 0) is 36.8 Å². The quantitative estimate of drug-likeness (QED) is 0.836. The predicted octanol–water partition coefficient (Wildman–Crippen LogP) is 2.37. The third-order valence-corrected chi connectivity index (χ3v) is 4.99. The van der Waals surface area contributed by atoms with E-state index in [0.717, 1.165) is 47.7 Å². The molecule has 5 heteroatoms. The highest BCUT2D eigenvalue weighted by Crippen LogP contribution is 2.31. The van der Waals surface area contributed by atoms with Crippen LogP contribution < -0.4 is 19.7 Å². The summed E-state index contributed by atoms with van der Waals surface area (Å²) in [5.41, 5.74) is 3.13. The molecule has 0 saturated carbocycles. The minimum Gasteiger partial charge on any atom is -0.497 e. The van der Waals surface area contributed by atoms with Crippen LogP contribution in [0.5, 0.6) is 11.5 Å². The van der Waals surface area contributed by atoms with Crippen LogP contribution in [-0.2, 0) is 4.79 Å². The summed E-state index contributed by atoms with van der Waals surface area (Å²) < 4.78 is 10.9. The molecule has 1 unspecified atom stereocenters. The molecule has 2 aromatic rings. The molecule has 1 saturated heterocycles. The summed E-state index contributed by atoms with van der Waals surface area (Å²) in [5, 5.41) is 3.02. The maximum atomic E-state index is 12.5. The molecule has 1 heterocycles. The van der Waals surface area contributed by atoms with E-state index in [2.05, 4.69) is 11.4 Å². The lowest BCUT2D eigenvalue weighted by molar-refractivity contribution is -0.910. The molecule has 3 rings (SSSR count). The number of amides is 1. The smallest absolute Gasteiger partial charge is 0.279 e. The van der Waals surface area contributed by atoms with Crippen LogP contribution in [0.25, 0.3) is 0 Å². The number of nitrogens with one attached hydrogen (secondary N) is 2. The molecule has 0 spiro atoms. The molecule has 0 bridgehead atoms. The second kappa shape index (κ2) is 8.23. The Kier molecular flexibility index (Phi) is 5.78. The molecular weight excluding hydrogens is 328 g/mol. The van der Waals surface area contributed by atoms with E-state index in [4.69, 9.17) is 9.47 Å². The normalized spacial score (nSPS) is 19.2. The minimum absolute atomic E-state index is 0.0463. The SMILES string of the molecule is COc1ccc([C@@H]2CCC[NH+]2CC(=O)Nc2cccc(C)c2)c(OC)c1. The van der Waals surface area contributed by atoms with Crippen molar-refractivity contribution in [3.63, 3.8) is 0 Å². The lowest BCUT2D eigenvalue weighted by Gasteiger charge is -2.23. The van der Waals surface area contributed by atoms with Crippen molar-refractivity contribution in [2.45, 2.75) is 25.8 Å². The lowest BCUT2D eigenvalue weighted by Crippen LogP contribution is -3.11. The number of hydrogen-bond donors (Lipinski definition) is 2. The molecule has 1 amide bonds. The Morgan fingerprint density at radius 2 is 2.04 bits per heavy atom. The molecule has 2 N–H and O–H groups in total. The largest absolute Gasteiger partial charge is 0.497 e. The first-order valence-electron chi connectivity index (χ1n) is 9.03. The van der Waals surface area contributed by atoms with Gasteiger partial charge in [-0.15, -0.1) is 0 Å². The van der Waals surface area contributed by atoms with Gasteiger partial charge >= 0.3 is 0 Å². The fourth-order valence-corrected chi connectivity index (χ4v) is 3.74. The van der Waals surface area contributed by atoms with E-state index >= 15 is 0 Å². The molecular formula is C21H27N2O3+. The van der Waals surface area contributed by atoms with E-state index in [1.54, 1.807) is 14.2 Å². The van der Waals surface area contributed by atoms with Gasteiger partial charge in [-0.2, -0.15) is 0 Å². The van der Waals surface area contributed by atoms with Crippen LogP contribution in [0.4, 0.5) is 5.69 Å². The third kappa shape index (κ3) is 4.17. The van der Waals surface area contributed by atoms with Gasteiger partial charge in [0, 0.05) is 24.6 Å². The number of carbonyl (C=O) groups excluding carboxylic acids is 1. The van der Waals surface area contributed by atoms with Crippen LogP contribution in [0.3, 0.4) is 0 Å². The molecule has 138 valence electrons. The van der Waals surface area contributed by atoms with Gasteiger partial charge in [-0.3, -0.25) is 4.79 Å². The van der Waals surface area contributed by atoms with Gasteiger partial charge in [-0.1, -0.05) is 12.1 Å². The van der Waals surface area contributed by atoms with Gasteiger partial charge in [0.1, 0.15) is 17.5 Å². The van der Waals surface area contributed by atoms with Gasteiger partial charge in [0.15, 0.2) is 6.54 Å². The standard InChI is InChI=1S/C21H26N2O3/c1-15-6-4-7-16(12-15)22-21(24)14-23-11-5-8-19(23)18-10-9-17(25-2)13-20(18)26-3/h4,6-7,9-10,12-13,19H,5,8,11,14H2,1-3H3,(H,22,24)/p+1/t19-/m0/s1. The number of aryl methyl sites for hydroxylation is 1. The van der Waals surface area contributed by atoms with Crippen molar-refractivity contribution in [1.29, 1.82) is 0 Å². The van der Waals surface area contributed by atoms with Gasteiger partial charge in [0.25, 0.3) is 5.91 Å². The molecule has 0 aromatic heterocycles. The summed E-state index contributed by atoms with van der Waals surface area (Å²) in [6.07, 6.45) is 2.16. The zero-order valence-corrected chi connectivity index (χ0v) is 15.7. The van der Waals surface area contributed by atoms with Crippen molar-refractivity contribution < 1.29 is 19.2 Å². The predicted molar refractivity (Wildman–Crippen MR) is 102 cm³/mol. The highest BCUT2D eigenvalue weighted by atomic mass is 16.5. The molecule has 0 aliphatic carbocycles. The van der Waals surface area contributed by atoms with Gasteiger partial charge < -0.3 is 19.7 Å². The Hall–Kier alpha value is -2.53. The van der Waals surface area contributed by atoms with Crippen LogP contribution >= 0.6 is 0 Å². The van der Waals surface area contributed by atoms with E-state index in [0.29, 0.717) is 6.54 Å². The molecule has 2 atom stereocenters. The molecule has 1 aliphatic heterocycles. The number of anilines is 1. The lowest BCUT2D eigenvalue weighted by atomic mass is 10.0. The maximum Gasteiger partial charge on any atom is 0.279 e. The van der Waals surface area contributed by atoms with Crippen molar-refractivity contribution in [2.75, 3.05) is 32.6 Å². The van der Waals surface area contributed by atoms with Crippen LogP contribution in [-0.4, -0.2) is 33.2 Å². The monoisotopic (exact) mass is 355 g/mol. The number of hydrogen-bond acceptors (Lipinski definition) is 3. The average molecular weight is 355 g/mol. The van der Waals surface area contributed by atoms with Gasteiger partial charge in [0.05, 0.1) is 26.3 Å². The number of benzene rings is 2. The van der Waals surface area contributed by atoms with Crippen molar-refractivity contribution in [1.82, 2.24) is 0 Å². The van der Waals surface area contributed by atoms with E-state index in [1.807, 2.05) is 43.3 Å². The molecule has 1 fully saturated rings. The second-order valence-corrected chi connectivity index (χ2v) is 6.81. The Labute approximate surface area is 154 Å². The van der Waals surface area contributed by atoms with Crippen LogP contribution in [0.1, 0.15) is 30.0 Å². The second-order valence-electron chi connectivity index (χ2n) is 6.81. The number of ether oxygens (including phenoxy) is 2. The molecule has 5 nitrogen and oxygen atoms in total. The van der Waals surface area contributed by atoms with E-state index < -0.39 is 0 Å². The van der Waals surface area contributed by atoms with Crippen LogP contribution in [0.15, 0.2) is 42.5 Å². The van der Waals surface area contributed by atoms with Crippen molar-refractivity contribution >= 4 is 11.6 Å².